The van der Waals surface area contributed by atoms with Crippen LogP contribution in [0.3, 0.4) is 0 Å². The maximum absolute atomic E-state index is 4.31. The van der Waals surface area contributed by atoms with Gasteiger partial charge in [0.15, 0.2) is 0 Å². The Hall–Kier alpha value is -2.99. The lowest BCUT2D eigenvalue weighted by molar-refractivity contribution is 1.09. The van der Waals surface area contributed by atoms with Gasteiger partial charge in [-0.2, -0.15) is 11.3 Å². The number of nitrogens with zero attached hydrogens (tertiary/aromatic N) is 1. The first-order valence-corrected chi connectivity index (χ1v) is 45.6. The minimum Gasteiger partial charge on any atom is -0.266 e. The topological polar surface area (TPSA) is 12.9 Å². The van der Waals surface area contributed by atoms with Gasteiger partial charge >= 0.3 is 0 Å². The van der Waals surface area contributed by atoms with Crippen LogP contribution in [0, 0.1) is 45.9 Å². The van der Waals surface area contributed by atoms with E-state index in [9.17, 15) is 0 Å². The van der Waals surface area contributed by atoms with Crippen molar-refractivity contribution in [1.29, 1.82) is 0 Å². The summed E-state index contributed by atoms with van der Waals surface area (Å²) in [6.45, 7) is 43.6. The second-order valence-electron chi connectivity index (χ2n) is 21.5. The van der Waals surface area contributed by atoms with Crippen LogP contribution < -0.4 is 5.32 Å². The summed E-state index contributed by atoms with van der Waals surface area (Å²) >= 11 is 5.13. The van der Waals surface area contributed by atoms with Crippen molar-refractivity contribution in [2.24, 2.45) is 0 Å². The minimum absolute atomic E-state index is 0.946. The monoisotopic (exact) mass is 979 g/mol. The van der Waals surface area contributed by atoms with Gasteiger partial charge in [-0.1, -0.05) is 185 Å². The van der Waals surface area contributed by atoms with Gasteiger partial charge in [0.05, 0.1) is 14.6 Å². The van der Waals surface area contributed by atoms with Crippen LogP contribution in [0.25, 0.3) is 0 Å². The van der Waals surface area contributed by atoms with Crippen LogP contribution in [-0.2, 0) is 12.5 Å². The van der Waals surface area contributed by atoms with Crippen molar-refractivity contribution in [2.45, 2.75) is 137 Å². The number of thiophene rings is 3. The van der Waals surface area contributed by atoms with Gasteiger partial charge < -0.3 is 0 Å². The molecule has 0 saturated heterocycles. The molecule has 0 aliphatic heterocycles. The highest BCUT2D eigenvalue weighted by atomic mass is 32.1. The van der Waals surface area contributed by atoms with Crippen molar-refractivity contribution in [1.82, 2.24) is 4.98 Å². The third-order valence-corrected chi connectivity index (χ3v) is 16.7. The molecule has 5 rings (SSSR count). The Kier molecular flexibility index (Phi) is 24.6. The Morgan fingerprint density at radius 1 is 0.484 bits per heavy atom. The zero-order valence-corrected chi connectivity index (χ0v) is 50.3. The first kappa shape index (κ1) is 57.0. The largest absolute Gasteiger partial charge is 0.266 e. The summed E-state index contributed by atoms with van der Waals surface area (Å²) in [7, 11) is -6.95. The Balaban J connectivity index is 0.000000393. The van der Waals surface area contributed by atoms with Crippen LogP contribution >= 0.6 is 34.0 Å². The number of hydrogen-bond donors (Lipinski definition) is 0. The van der Waals surface area contributed by atoms with E-state index in [2.05, 4.69) is 252 Å². The van der Waals surface area contributed by atoms with Crippen molar-refractivity contribution < 1.29 is 0 Å². The van der Waals surface area contributed by atoms with Crippen LogP contribution in [0.2, 0.25) is 118 Å². The molecule has 0 aliphatic rings. The van der Waals surface area contributed by atoms with Gasteiger partial charge in [-0.3, -0.25) is 4.98 Å². The molecule has 1 aromatic carbocycles. The number of hydrogen-bond acceptors (Lipinski definition) is 4. The molecule has 0 radical (unpaired) electrons. The highest BCUT2D eigenvalue weighted by Crippen LogP contribution is 2.17. The van der Waals surface area contributed by atoms with Crippen molar-refractivity contribution in [2.75, 3.05) is 0 Å². The number of aromatic nitrogens is 1. The van der Waals surface area contributed by atoms with Gasteiger partial charge in [-0.05, 0) is 70.8 Å². The average Bonchev–Trinajstić information content (AvgIpc) is 3.96. The molecule has 0 atom stereocenters. The van der Waals surface area contributed by atoms with Crippen molar-refractivity contribution >= 4 is 87.8 Å². The highest BCUT2D eigenvalue weighted by Gasteiger charge is 2.17. The molecule has 0 amide bonds. The Morgan fingerprint density at radius 2 is 0.968 bits per heavy atom. The van der Waals surface area contributed by atoms with Crippen LogP contribution in [0.1, 0.15) is 38.2 Å². The fourth-order valence-corrected chi connectivity index (χ4v) is 11.4. The first-order valence-electron chi connectivity index (χ1n) is 21.7. The quantitative estimate of drug-likeness (QED) is 0.129. The lowest BCUT2D eigenvalue weighted by atomic mass is 10.1. The number of pyridine rings is 1. The highest BCUT2D eigenvalue weighted by molar-refractivity contribution is 7.13. The van der Waals surface area contributed by atoms with E-state index in [1.165, 1.54) is 28.2 Å². The summed E-state index contributed by atoms with van der Waals surface area (Å²) in [5.74, 6) is 12.9. The van der Waals surface area contributed by atoms with Crippen LogP contribution in [0.15, 0.2) is 95.1 Å². The summed E-state index contributed by atoms with van der Waals surface area (Å²) in [4.78, 5) is 7.79. The van der Waals surface area contributed by atoms with Crippen molar-refractivity contribution in [3.63, 3.8) is 0 Å². The van der Waals surface area contributed by atoms with Gasteiger partial charge in [0.25, 0.3) is 0 Å². The van der Waals surface area contributed by atoms with E-state index in [1.807, 2.05) is 18.3 Å². The van der Waals surface area contributed by atoms with Crippen LogP contribution in [-0.4, -0.2) is 53.4 Å². The molecular weight excluding hydrogens is 903 g/mol. The Bertz CT molecular complexity index is 2170. The number of aryl methyl sites for hydroxylation is 1. The molecule has 0 N–H and O–H groups in total. The molecule has 5 aromatic rings. The maximum atomic E-state index is 4.31. The standard InChI is InChI=1S/C14H20SSi2.C12H20Si.2C9H12SSi.C8H13NSi/c1-16(2,3)11-9-13-7-8-14(15-13)10-12-17(4,5)6;1-5-11-8-6-7-9-12(11)10-13(2,3)4;1-11(2,3)7-5-9-4-6-10-8-9;1-11(2,3)8-6-9-5-4-7-10-9;1-10(2,3)8-6-4-5-7-9-8/h7-8H,1-6H3;6-9H,5,10H2,1-4H3;4,6,8H,1-3H3;4-5,7H,1-3H3;4-7H,1-3H3. The normalized spacial score (nSPS) is 11.1. The number of benzene rings is 1. The fourth-order valence-electron chi connectivity index (χ4n) is 4.62. The van der Waals surface area contributed by atoms with Crippen molar-refractivity contribution in [3.05, 3.63) is 126 Å². The third kappa shape index (κ3) is 31.0. The molecule has 4 aromatic heterocycles. The van der Waals surface area contributed by atoms with E-state index in [4.69, 9.17) is 0 Å². The molecule has 0 spiro atoms. The Labute approximate surface area is 399 Å². The van der Waals surface area contributed by atoms with Gasteiger partial charge in [0.1, 0.15) is 40.4 Å². The smallest absolute Gasteiger partial charge is 0.129 e. The SMILES string of the molecule is CCc1ccccc1C[Si](C)(C)C.C[Si](C)(C)C#Cc1ccc(C#C[Si](C)(C)C)s1.C[Si](C)(C)C#Cc1cccs1.C[Si](C)(C)C#Cc1ccsc1.C[Si](C)(C)c1ccccn1. The summed E-state index contributed by atoms with van der Waals surface area (Å²) in [5.41, 5.74) is 17.7. The molecule has 0 bridgehead atoms. The molecule has 1 nitrogen and oxygen atoms in total. The van der Waals surface area contributed by atoms with Gasteiger partial charge in [-0.25, -0.2) is 0 Å². The third-order valence-electron chi connectivity index (χ3n) is 7.57. The zero-order chi connectivity index (χ0) is 47.3. The van der Waals surface area contributed by atoms with E-state index in [0.717, 1.165) is 15.3 Å². The van der Waals surface area contributed by atoms with Crippen LogP contribution in [0.5, 0.6) is 0 Å². The zero-order valence-electron chi connectivity index (χ0n) is 41.8. The van der Waals surface area contributed by atoms with Gasteiger partial charge in [0.2, 0.25) is 0 Å². The molecule has 0 unspecified atom stereocenters. The van der Waals surface area contributed by atoms with Gasteiger partial charge in [0, 0.05) is 30.5 Å². The molecule has 0 fully saturated rings. The molecule has 0 saturated carbocycles. The van der Waals surface area contributed by atoms with E-state index in [1.54, 1.807) is 39.6 Å². The molecule has 10 heteroatoms. The second-order valence-corrected chi connectivity index (χ2v) is 53.8. The van der Waals surface area contributed by atoms with E-state index < -0.39 is 48.4 Å². The molecule has 332 valence electrons. The number of rotatable bonds is 4. The van der Waals surface area contributed by atoms with Gasteiger partial charge in [-0.15, -0.1) is 44.8 Å². The molecule has 0 aliphatic carbocycles. The Morgan fingerprint density at radius 3 is 1.34 bits per heavy atom. The van der Waals surface area contributed by atoms with E-state index in [-0.39, 0.29) is 0 Å². The lowest BCUT2D eigenvalue weighted by Gasteiger charge is -2.17. The second kappa shape index (κ2) is 26.7. The average molecular weight is 981 g/mol. The minimum atomic E-state index is -1.26. The predicted molar refractivity (Wildman–Crippen MR) is 304 cm³/mol. The summed E-state index contributed by atoms with van der Waals surface area (Å²) in [6, 6.07) is 26.7. The summed E-state index contributed by atoms with van der Waals surface area (Å²) in [5, 5.41) is 7.50. The summed E-state index contributed by atoms with van der Waals surface area (Å²) in [6.07, 6.45) is 3.04. The van der Waals surface area contributed by atoms with Crippen molar-refractivity contribution in [3.8, 4) is 45.9 Å². The van der Waals surface area contributed by atoms with E-state index >= 15 is 0 Å². The fraction of sp³-hybridized carbons (Fsp3) is 0.404. The molecule has 62 heavy (non-hydrogen) atoms. The lowest BCUT2D eigenvalue weighted by Crippen LogP contribution is -2.39. The predicted octanol–water partition coefficient (Wildman–Crippen LogP) is 15.5. The first-order chi connectivity index (χ1) is 28.4. The van der Waals surface area contributed by atoms with Crippen LogP contribution in [0.4, 0.5) is 0 Å². The maximum Gasteiger partial charge on any atom is 0.129 e. The van der Waals surface area contributed by atoms with E-state index in [0.29, 0.717) is 0 Å². The molecule has 4 heterocycles. The summed E-state index contributed by atoms with van der Waals surface area (Å²) < 4.78 is 0. The molecular formula is C52H77NS3Si6.